The molecule has 8 aliphatic carbocycles. The van der Waals surface area contributed by atoms with Crippen molar-refractivity contribution in [1.82, 2.24) is 9.80 Å². The lowest BCUT2D eigenvalue weighted by Gasteiger charge is -2.71. The number of rotatable bonds is 11. The number of carbonyl (C=O) groups excluding carboxylic acids is 2. The van der Waals surface area contributed by atoms with Crippen molar-refractivity contribution in [2.24, 2.45) is 45.3 Å². The molecule has 0 spiro atoms. The van der Waals surface area contributed by atoms with Crippen molar-refractivity contribution in [3.8, 4) is 0 Å². The summed E-state index contributed by atoms with van der Waals surface area (Å²) in [4.78, 5) is 53.9. The van der Waals surface area contributed by atoms with Crippen LogP contribution in [0.5, 0.6) is 0 Å². The Morgan fingerprint density at radius 3 is 1.31 bits per heavy atom. The minimum absolute atomic E-state index is 0.0933. The minimum atomic E-state index is -0.717. The van der Waals surface area contributed by atoms with Gasteiger partial charge in [0.25, 0.3) is 0 Å². The summed E-state index contributed by atoms with van der Waals surface area (Å²) >= 11 is 13.7. The molecule has 10 aliphatic rings. The van der Waals surface area contributed by atoms with Crippen molar-refractivity contribution in [2.75, 3.05) is 0 Å². The Balaban J connectivity index is 0.000000168. The first-order chi connectivity index (χ1) is 31.0. The zero-order valence-electron chi connectivity index (χ0n) is 42.0. The molecule has 8 saturated carbocycles. The molecule has 2 aliphatic heterocycles. The lowest BCUT2D eigenvalue weighted by atomic mass is 9.38. The Bertz CT molecular complexity index is 2490. The predicted octanol–water partition coefficient (Wildman–Crippen LogP) is 13.4. The summed E-state index contributed by atoms with van der Waals surface area (Å²) in [7, 11) is 0. The molecule has 10 heteroatoms. The molecule has 0 radical (unpaired) electrons. The molecule has 0 aromatic heterocycles. The third kappa shape index (κ3) is 7.48. The van der Waals surface area contributed by atoms with Crippen molar-refractivity contribution in [2.45, 2.75) is 187 Å². The molecule has 67 heavy (non-hydrogen) atoms. The average molecular weight is 954 g/mol. The normalized spacial score (nSPS) is 37.4. The SMILES string of the molecule is CC(C)C1=CN(C23CC(C(=O)O)(C2)C3)C(=O)C[C@@]1(C)c1ccc([C@@H]2C[C@H]2C(C)(C)C)c(Cl)c1.CC[C@H](C)C1=CN(C23CC(C(=O)O)(C2)C3)C(=O)C[C@@]1(C)c1ccc([C@@H]2C[C@H]2C(C)(C)C)c(Cl)c1. The minimum Gasteiger partial charge on any atom is -0.481 e. The quantitative estimate of drug-likeness (QED) is 0.232. The summed E-state index contributed by atoms with van der Waals surface area (Å²) in [5, 5.41) is 20.7. The first kappa shape index (κ1) is 48.4. The van der Waals surface area contributed by atoms with Crippen molar-refractivity contribution >= 4 is 47.0 Å². The van der Waals surface area contributed by atoms with E-state index < -0.39 is 33.6 Å². The number of carbonyl (C=O) groups is 4. The molecule has 2 aromatic rings. The fourth-order valence-electron chi connectivity index (χ4n) is 14.5. The van der Waals surface area contributed by atoms with E-state index in [0.717, 1.165) is 27.6 Å². The number of benzene rings is 2. The zero-order chi connectivity index (χ0) is 49.0. The second-order valence-corrected chi connectivity index (χ2v) is 26.8. The van der Waals surface area contributed by atoms with Crippen molar-refractivity contribution < 1.29 is 29.4 Å². The van der Waals surface area contributed by atoms with Crippen LogP contribution in [0.4, 0.5) is 0 Å². The monoisotopic (exact) mass is 952 g/mol. The van der Waals surface area contributed by atoms with Gasteiger partial charge in [-0.1, -0.05) is 131 Å². The average Bonchev–Trinajstić information content (AvgIpc) is 4.08. The van der Waals surface area contributed by atoms with E-state index in [9.17, 15) is 29.4 Å². The van der Waals surface area contributed by atoms with E-state index in [1.54, 1.807) is 0 Å². The van der Waals surface area contributed by atoms with Gasteiger partial charge in [-0.15, -0.1) is 0 Å². The van der Waals surface area contributed by atoms with E-state index in [1.165, 1.54) is 35.1 Å². The Labute approximate surface area is 409 Å². The highest BCUT2D eigenvalue weighted by molar-refractivity contribution is 6.32. The molecule has 2 N–H and O–H groups in total. The van der Waals surface area contributed by atoms with Gasteiger partial charge in [0, 0.05) is 46.1 Å². The Hall–Kier alpha value is -3.62. The lowest BCUT2D eigenvalue weighted by Crippen LogP contribution is -2.77. The van der Waals surface area contributed by atoms with Gasteiger partial charge >= 0.3 is 11.9 Å². The fourth-order valence-corrected chi connectivity index (χ4v) is 15.1. The number of halogens is 2. The Morgan fingerprint density at radius 1 is 0.657 bits per heavy atom. The van der Waals surface area contributed by atoms with E-state index >= 15 is 0 Å². The molecule has 2 amide bonds. The van der Waals surface area contributed by atoms with Gasteiger partial charge in [0.1, 0.15) is 0 Å². The molecule has 12 rings (SSSR count). The number of aliphatic carboxylic acids is 2. The Morgan fingerprint density at radius 2 is 1.01 bits per heavy atom. The number of nitrogens with zero attached hydrogens (tertiary/aromatic N) is 2. The van der Waals surface area contributed by atoms with Gasteiger partial charge in [-0.25, -0.2) is 0 Å². The molecule has 7 atom stereocenters. The van der Waals surface area contributed by atoms with Gasteiger partial charge in [-0.05, 0) is 150 Å². The van der Waals surface area contributed by atoms with Crippen LogP contribution in [-0.2, 0) is 30.0 Å². The van der Waals surface area contributed by atoms with Crippen LogP contribution in [0.2, 0.25) is 10.0 Å². The largest absolute Gasteiger partial charge is 0.481 e. The third-order valence-electron chi connectivity index (χ3n) is 18.9. The predicted molar refractivity (Wildman–Crippen MR) is 265 cm³/mol. The van der Waals surface area contributed by atoms with Gasteiger partial charge in [0.2, 0.25) is 11.8 Å². The van der Waals surface area contributed by atoms with Gasteiger partial charge < -0.3 is 20.0 Å². The second kappa shape index (κ2) is 15.4. The van der Waals surface area contributed by atoms with Gasteiger partial charge in [0.15, 0.2) is 0 Å². The standard InChI is InChI=1S/C29H38ClNO3.C28H36ClNO3/c1-7-17(2)22-13-31(29-14-28(15-29,16-29)25(33)34)24(32)12-27(22,6)18-8-9-19(23(30)10-18)20-11-21(20)26(3,4)5;1-16(2)21-12-30(28-13-27(14-28,15-28)24(32)33)23(31)11-26(21,6)17-7-8-18(22(29)9-17)19-10-20(19)25(3,4)5/h8-10,13,17,20-21H,7,11-12,14-16H2,1-6H3,(H,33,34);7-9,12,16,19-20H,10-11,13-15H2,1-6H3,(H,32,33)/t17-,20-,21+,27-,28?,29?;19-,20+,26-,27?,28?/m00/s1. The van der Waals surface area contributed by atoms with Crippen LogP contribution >= 0.6 is 23.2 Å². The van der Waals surface area contributed by atoms with E-state index in [1.807, 2.05) is 9.80 Å². The fraction of sp³-hybridized carbons (Fsp3) is 0.649. The topological polar surface area (TPSA) is 115 Å². The molecule has 2 heterocycles. The van der Waals surface area contributed by atoms with Crippen LogP contribution in [0.3, 0.4) is 0 Å². The second-order valence-electron chi connectivity index (χ2n) is 26.0. The van der Waals surface area contributed by atoms with E-state index in [2.05, 4.69) is 132 Å². The number of allylic oxidation sites excluding steroid dienone is 2. The Kier molecular flexibility index (Phi) is 11.2. The summed E-state index contributed by atoms with van der Waals surface area (Å²) in [5.74, 6) is 1.71. The number of amides is 2. The summed E-state index contributed by atoms with van der Waals surface area (Å²) in [6.07, 6.45) is 11.8. The van der Waals surface area contributed by atoms with E-state index in [0.29, 0.717) is 81.0 Å². The first-order valence-corrected chi connectivity index (χ1v) is 25.9. The number of hydrogen-bond acceptors (Lipinski definition) is 4. The molecule has 362 valence electrons. The summed E-state index contributed by atoms with van der Waals surface area (Å²) < 4.78 is 0. The number of hydrogen-bond donors (Lipinski definition) is 2. The molecule has 4 bridgehead atoms. The molecular formula is C57H74Cl2N2O6. The molecule has 0 saturated heterocycles. The highest BCUT2D eigenvalue weighted by atomic mass is 35.5. The van der Waals surface area contributed by atoms with Gasteiger partial charge in [0.05, 0.1) is 21.9 Å². The summed E-state index contributed by atoms with van der Waals surface area (Å²) in [6.45, 7) is 26.9. The highest BCUT2D eigenvalue weighted by Crippen LogP contribution is 2.72. The number of carboxylic acids is 2. The molecule has 8 nitrogen and oxygen atoms in total. The maximum atomic E-state index is 13.5. The van der Waals surface area contributed by atoms with Crippen molar-refractivity contribution in [3.05, 3.63) is 92.2 Å². The van der Waals surface area contributed by atoms with E-state index in [4.69, 9.17) is 23.2 Å². The molecule has 8 fully saturated rings. The zero-order valence-corrected chi connectivity index (χ0v) is 43.6. The maximum absolute atomic E-state index is 13.5. The van der Waals surface area contributed by atoms with Crippen molar-refractivity contribution in [1.29, 1.82) is 0 Å². The van der Waals surface area contributed by atoms with Crippen LogP contribution in [0.25, 0.3) is 0 Å². The van der Waals surface area contributed by atoms with Crippen LogP contribution in [-0.4, -0.2) is 54.8 Å². The first-order valence-electron chi connectivity index (χ1n) is 25.1. The van der Waals surface area contributed by atoms with E-state index in [-0.39, 0.29) is 39.6 Å². The van der Waals surface area contributed by atoms with Gasteiger partial charge in [-0.3, -0.25) is 19.2 Å². The smallest absolute Gasteiger partial charge is 0.309 e. The van der Waals surface area contributed by atoms with Crippen molar-refractivity contribution in [3.63, 3.8) is 0 Å². The van der Waals surface area contributed by atoms with Crippen LogP contribution in [0.1, 0.15) is 188 Å². The highest BCUT2D eigenvalue weighted by Gasteiger charge is 2.76. The van der Waals surface area contributed by atoms with Crippen LogP contribution in [0, 0.1) is 45.3 Å². The van der Waals surface area contributed by atoms with Crippen LogP contribution < -0.4 is 0 Å². The summed E-state index contributed by atoms with van der Waals surface area (Å²) in [5.41, 5.74) is 5.13. The molecular weight excluding hydrogens is 880 g/mol. The molecule has 2 aromatic carbocycles. The lowest BCUT2D eigenvalue weighted by molar-refractivity contribution is -0.224. The van der Waals surface area contributed by atoms with Crippen LogP contribution in [0.15, 0.2) is 59.9 Å². The number of carboxylic acid groups (broad SMARTS) is 2. The summed E-state index contributed by atoms with van der Waals surface area (Å²) in [6, 6.07) is 13.0. The maximum Gasteiger partial charge on any atom is 0.309 e. The van der Waals surface area contributed by atoms with Gasteiger partial charge in [-0.2, -0.15) is 0 Å². The molecule has 0 unspecified atom stereocenters. The third-order valence-corrected chi connectivity index (χ3v) is 19.6.